The number of carbonyl (C=O) groups is 1. The average molecular weight is 316 g/mol. The Kier molecular flexibility index (Phi) is 2.70. The molecule has 0 aromatic carbocycles. The maximum Gasteiger partial charge on any atom is 0.229 e. The average Bonchev–Trinajstić information content (AvgIpc) is 2.41. The quantitative estimate of drug-likeness (QED) is 0.806. The number of hydrogen-bond donors (Lipinski definition) is 1. The first-order valence-electron chi connectivity index (χ1n) is 4.91. The summed E-state index contributed by atoms with van der Waals surface area (Å²) in [6.07, 6.45) is 2.62. The Hall–Kier alpha value is -0.650. The second-order valence-electron chi connectivity index (χ2n) is 4.53. The number of carbonyl (C=O) groups excluding carboxylic acids is 1. The summed E-state index contributed by atoms with van der Waals surface area (Å²) in [5, 5.41) is 2.98. The zero-order valence-corrected chi connectivity index (χ0v) is 10.9. The summed E-state index contributed by atoms with van der Waals surface area (Å²) >= 11 is 2.21. The Balaban J connectivity index is 2.25. The van der Waals surface area contributed by atoms with E-state index in [-0.39, 0.29) is 17.4 Å². The van der Waals surface area contributed by atoms with Gasteiger partial charge in [0.25, 0.3) is 0 Å². The molecule has 80 valence electrons. The molecular weight excluding hydrogens is 303 g/mol. The van der Waals surface area contributed by atoms with Gasteiger partial charge in [0, 0.05) is 15.3 Å². The summed E-state index contributed by atoms with van der Waals surface area (Å²) in [6, 6.07) is 3.93. The van der Waals surface area contributed by atoms with Crippen LogP contribution < -0.4 is 5.32 Å². The lowest BCUT2D eigenvalue weighted by Gasteiger charge is -2.16. The van der Waals surface area contributed by atoms with Crippen molar-refractivity contribution in [2.45, 2.75) is 31.7 Å². The standard InChI is InChI=1S/C11H13IN2O/c1-11(2)5-8(10(15)14-11)9-4-3-7(12)6-13-9/h3-4,6,8H,5H2,1-2H3,(H,14,15). The van der Waals surface area contributed by atoms with Crippen molar-refractivity contribution in [2.75, 3.05) is 0 Å². The summed E-state index contributed by atoms with van der Waals surface area (Å²) in [7, 11) is 0. The third-order valence-corrected chi connectivity index (χ3v) is 3.24. The predicted molar refractivity (Wildman–Crippen MR) is 66.5 cm³/mol. The van der Waals surface area contributed by atoms with Gasteiger partial charge >= 0.3 is 0 Å². The Morgan fingerprint density at radius 2 is 2.27 bits per heavy atom. The van der Waals surface area contributed by atoms with Crippen LogP contribution in [0.5, 0.6) is 0 Å². The first-order chi connectivity index (χ1) is 6.98. The summed E-state index contributed by atoms with van der Waals surface area (Å²) < 4.78 is 1.09. The lowest BCUT2D eigenvalue weighted by atomic mass is 9.94. The molecule has 0 saturated carbocycles. The highest BCUT2D eigenvalue weighted by Gasteiger charge is 2.38. The molecule has 1 amide bonds. The van der Waals surface area contributed by atoms with Gasteiger partial charge in [-0.05, 0) is 55.0 Å². The van der Waals surface area contributed by atoms with Crippen LogP contribution in [0.3, 0.4) is 0 Å². The summed E-state index contributed by atoms with van der Waals surface area (Å²) in [4.78, 5) is 16.0. The first-order valence-corrected chi connectivity index (χ1v) is 5.99. The predicted octanol–water partition coefficient (Wildman–Crippen LogP) is 2.07. The van der Waals surface area contributed by atoms with Crippen LogP contribution in [0.4, 0.5) is 0 Å². The number of aromatic nitrogens is 1. The van der Waals surface area contributed by atoms with Crippen molar-refractivity contribution in [1.82, 2.24) is 10.3 Å². The molecule has 3 nitrogen and oxygen atoms in total. The van der Waals surface area contributed by atoms with Gasteiger partial charge in [-0.2, -0.15) is 0 Å². The molecule has 1 aliphatic rings. The van der Waals surface area contributed by atoms with Crippen LogP contribution in [0.25, 0.3) is 0 Å². The van der Waals surface area contributed by atoms with Gasteiger partial charge in [-0.3, -0.25) is 9.78 Å². The van der Waals surface area contributed by atoms with Crippen LogP contribution in [0.15, 0.2) is 18.3 Å². The van der Waals surface area contributed by atoms with Gasteiger partial charge in [0.2, 0.25) is 5.91 Å². The highest BCUT2D eigenvalue weighted by molar-refractivity contribution is 14.1. The van der Waals surface area contributed by atoms with Crippen molar-refractivity contribution in [2.24, 2.45) is 0 Å². The molecule has 0 spiro atoms. The minimum Gasteiger partial charge on any atom is -0.351 e. The van der Waals surface area contributed by atoms with Gasteiger partial charge in [0.15, 0.2) is 0 Å². The second-order valence-corrected chi connectivity index (χ2v) is 5.78. The van der Waals surface area contributed by atoms with Crippen molar-refractivity contribution in [3.63, 3.8) is 0 Å². The van der Waals surface area contributed by atoms with Crippen LogP contribution in [0, 0.1) is 3.57 Å². The van der Waals surface area contributed by atoms with Gasteiger partial charge in [-0.1, -0.05) is 0 Å². The number of rotatable bonds is 1. The lowest BCUT2D eigenvalue weighted by molar-refractivity contribution is -0.120. The number of halogens is 1. The van der Waals surface area contributed by atoms with Gasteiger partial charge in [0.05, 0.1) is 11.6 Å². The maximum atomic E-state index is 11.7. The number of hydrogen-bond acceptors (Lipinski definition) is 2. The molecule has 1 fully saturated rings. The fourth-order valence-electron chi connectivity index (χ4n) is 1.91. The monoisotopic (exact) mass is 316 g/mol. The molecule has 1 saturated heterocycles. The molecule has 1 atom stereocenters. The smallest absolute Gasteiger partial charge is 0.229 e. The first kappa shape index (κ1) is 10.9. The van der Waals surface area contributed by atoms with Crippen LogP contribution in [0.2, 0.25) is 0 Å². The highest BCUT2D eigenvalue weighted by Crippen LogP contribution is 2.31. The molecule has 1 aliphatic heterocycles. The van der Waals surface area contributed by atoms with Gasteiger partial charge in [-0.15, -0.1) is 0 Å². The zero-order valence-electron chi connectivity index (χ0n) is 8.75. The molecule has 4 heteroatoms. The third kappa shape index (κ3) is 2.30. The normalized spacial score (nSPS) is 23.9. The molecule has 2 heterocycles. The second kappa shape index (κ2) is 3.73. The topological polar surface area (TPSA) is 42.0 Å². The molecule has 1 aromatic rings. The molecule has 0 bridgehead atoms. The number of pyridine rings is 1. The van der Waals surface area contributed by atoms with E-state index in [4.69, 9.17) is 0 Å². The minimum atomic E-state index is -0.105. The van der Waals surface area contributed by atoms with Crippen LogP contribution in [-0.4, -0.2) is 16.4 Å². The van der Waals surface area contributed by atoms with Gasteiger partial charge < -0.3 is 5.32 Å². The third-order valence-electron chi connectivity index (χ3n) is 2.60. The molecule has 1 aromatic heterocycles. The number of nitrogens with zero attached hydrogens (tertiary/aromatic N) is 1. The Labute approximate surface area is 103 Å². The number of amides is 1. The van der Waals surface area contributed by atoms with E-state index in [0.717, 1.165) is 15.7 Å². The lowest BCUT2D eigenvalue weighted by Crippen LogP contribution is -2.34. The molecule has 1 unspecified atom stereocenters. The van der Waals surface area contributed by atoms with Crippen molar-refractivity contribution in [3.8, 4) is 0 Å². The van der Waals surface area contributed by atoms with Crippen molar-refractivity contribution < 1.29 is 4.79 Å². The van der Waals surface area contributed by atoms with Gasteiger partial charge in [0.1, 0.15) is 0 Å². The van der Waals surface area contributed by atoms with E-state index in [1.54, 1.807) is 6.20 Å². The van der Waals surface area contributed by atoms with E-state index in [1.165, 1.54) is 0 Å². The van der Waals surface area contributed by atoms with Crippen molar-refractivity contribution in [3.05, 3.63) is 27.6 Å². The van der Waals surface area contributed by atoms with E-state index in [9.17, 15) is 4.79 Å². The molecule has 2 rings (SSSR count). The zero-order chi connectivity index (χ0) is 11.1. The summed E-state index contributed by atoms with van der Waals surface area (Å²) in [5.41, 5.74) is 0.769. The van der Waals surface area contributed by atoms with E-state index in [2.05, 4.69) is 32.9 Å². The maximum absolute atomic E-state index is 11.7. The SMILES string of the molecule is CC1(C)CC(c2ccc(I)cn2)C(=O)N1. The summed E-state index contributed by atoms with van der Waals surface area (Å²) in [5.74, 6) is 0.00529. The van der Waals surface area contributed by atoms with E-state index in [0.29, 0.717) is 0 Å². The van der Waals surface area contributed by atoms with Crippen LogP contribution in [-0.2, 0) is 4.79 Å². The van der Waals surface area contributed by atoms with E-state index >= 15 is 0 Å². The summed E-state index contributed by atoms with van der Waals surface area (Å²) in [6.45, 7) is 4.08. The Morgan fingerprint density at radius 3 is 2.73 bits per heavy atom. The fraction of sp³-hybridized carbons (Fsp3) is 0.455. The number of nitrogens with one attached hydrogen (secondary N) is 1. The van der Waals surface area contributed by atoms with Crippen LogP contribution in [0.1, 0.15) is 31.9 Å². The van der Waals surface area contributed by atoms with Crippen molar-refractivity contribution >= 4 is 28.5 Å². The molecule has 1 N–H and O–H groups in total. The minimum absolute atomic E-state index is 0.0861. The highest BCUT2D eigenvalue weighted by atomic mass is 127. The molecular formula is C11H13IN2O. The van der Waals surface area contributed by atoms with Gasteiger partial charge in [-0.25, -0.2) is 0 Å². The van der Waals surface area contributed by atoms with E-state index < -0.39 is 0 Å². The fourth-order valence-corrected chi connectivity index (χ4v) is 2.23. The largest absolute Gasteiger partial charge is 0.351 e. The van der Waals surface area contributed by atoms with Crippen molar-refractivity contribution in [1.29, 1.82) is 0 Å². The Morgan fingerprint density at radius 1 is 1.53 bits per heavy atom. The Bertz CT molecular complexity index is 386. The van der Waals surface area contributed by atoms with Crippen LogP contribution >= 0.6 is 22.6 Å². The van der Waals surface area contributed by atoms with E-state index in [1.807, 2.05) is 26.0 Å². The molecule has 0 aliphatic carbocycles. The molecule has 0 radical (unpaired) electrons. The molecule has 15 heavy (non-hydrogen) atoms.